The van der Waals surface area contributed by atoms with E-state index in [1.807, 2.05) is 47.3 Å². The van der Waals surface area contributed by atoms with Crippen LogP contribution in [0, 0.1) is 11.8 Å². The molecule has 0 atom stereocenters. The summed E-state index contributed by atoms with van der Waals surface area (Å²) in [7, 11) is 0. The maximum Gasteiger partial charge on any atom is 0.131 e. The maximum atomic E-state index is 5.81. The number of hydrogen-bond acceptors (Lipinski definition) is 4. The molecule has 0 radical (unpaired) electrons. The van der Waals surface area contributed by atoms with Crippen LogP contribution in [0.25, 0.3) is 11.4 Å². The van der Waals surface area contributed by atoms with Gasteiger partial charge in [-0.1, -0.05) is 95.1 Å². The largest absolute Gasteiger partial charge is 0.494 e. The van der Waals surface area contributed by atoms with Crippen molar-refractivity contribution in [3.05, 3.63) is 59.9 Å². The molecule has 0 saturated heterocycles. The molecule has 192 valence electrons. The van der Waals surface area contributed by atoms with E-state index in [0.29, 0.717) is 0 Å². The Labute approximate surface area is 217 Å². The zero-order valence-electron chi connectivity index (χ0n) is 22.2. The van der Waals surface area contributed by atoms with Crippen molar-refractivity contribution >= 4 is 0 Å². The average Bonchev–Trinajstić information content (AvgIpc) is 3.39. The van der Waals surface area contributed by atoms with Crippen LogP contribution in [0.15, 0.2) is 48.8 Å². The Morgan fingerprint density at radius 2 is 1.33 bits per heavy atom. The minimum Gasteiger partial charge on any atom is -0.494 e. The smallest absolute Gasteiger partial charge is 0.131 e. The number of pyridine rings is 1. The molecular formula is C31H42N4O. The lowest BCUT2D eigenvalue weighted by Crippen LogP contribution is -1.98. The number of benzene rings is 1. The number of aryl methyl sites for hydroxylation is 1. The van der Waals surface area contributed by atoms with Gasteiger partial charge in [0.25, 0.3) is 0 Å². The molecular weight excluding hydrogens is 444 g/mol. The molecule has 3 aromatic rings. The number of ether oxygens (including phenoxy) is 1. The van der Waals surface area contributed by atoms with Gasteiger partial charge in [0.15, 0.2) is 0 Å². The van der Waals surface area contributed by atoms with Gasteiger partial charge in [0, 0.05) is 23.9 Å². The first kappa shape index (κ1) is 27.5. The topological polar surface area (TPSA) is 52.8 Å². The fourth-order valence-electron chi connectivity index (χ4n) is 4.05. The Bertz CT molecular complexity index is 1040. The van der Waals surface area contributed by atoms with E-state index in [9.17, 15) is 0 Å². The zero-order valence-corrected chi connectivity index (χ0v) is 22.2. The molecule has 0 fully saturated rings. The fourth-order valence-corrected chi connectivity index (χ4v) is 4.05. The monoisotopic (exact) mass is 486 g/mol. The van der Waals surface area contributed by atoms with Gasteiger partial charge in [0.05, 0.1) is 18.5 Å². The first-order valence-electron chi connectivity index (χ1n) is 13.9. The molecule has 0 spiro atoms. The Morgan fingerprint density at radius 1 is 0.694 bits per heavy atom. The predicted octanol–water partition coefficient (Wildman–Crippen LogP) is 7.84. The molecule has 36 heavy (non-hydrogen) atoms. The third kappa shape index (κ3) is 10.2. The summed E-state index contributed by atoms with van der Waals surface area (Å²) in [5.41, 5.74) is 3.46. The molecule has 0 N–H and O–H groups in total. The van der Waals surface area contributed by atoms with Crippen molar-refractivity contribution in [3.63, 3.8) is 0 Å². The summed E-state index contributed by atoms with van der Waals surface area (Å²) in [4.78, 5) is 4.55. The lowest BCUT2D eigenvalue weighted by Gasteiger charge is -2.05. The molecule has 0 aliphatic heterocycles. The van der Waals surface area contributed by atoms with Gasteiger partial charge in [-0.2, -0.15) is 0 Å². The van der Waals surface area contributed by atoms with Crippen LogP contribution in [0.5, 0.6) is 5.75 Å². The van der Waals surface area contributed by atoms with Crippen LogP contribution in [0.1, 0.15) is 102 Å². The molecule has 0 aliphatic rings. The molecule has 0 unspecified atom stereocenters. The molecule has 0 amide bonds. The van der Waals surface area contributed by atoms with Crippen molar-refractivity contribution in [2.45, 2.75) is 97.4 Å². The molecule has 2 heterocycles. The van der Waals surface area contributed by atoms with Gasteiger partial charge in [0.2, 0.25) is 0 Å². The lowest BCUT2D eigenvalue weighted by atomic mass is 10.1. The Hall–Kier alpha value is -3.13. The minimum atomic E-state index is 0.774. The van der Waals surface area contributed by atoms with Crippen molar-refractivity contribution < 1.29 is 4.74 Å². The van der Waals surface area contributed by atoms with Crippen LogP contribution in [0.2, 0.25) is 0 Å². The molecule has 2 aromatic heterocycles. The number of hydrogen-bond donors (Lipinski definition) is 0. The van der Waals surface area contributed by atoms with Crippen molar-refractivity contribution in [2.75, 3.05) is 6.61 Å². The number of unbranched alkanes of at least 4 members (excludes halogenated alkanes) is 10. The van der Waals surface area contributed by atoms with E-state index >= 15 is 0 Å². The van der Waals surface area contributed by atoms with Gasteiger partial charge in [-0.05, 0) is 49.2 Å². The molecule has 3 rings (SSSR count). The molecule has 0 saturated carbocycles. The summed E-state index contributed by atoms with van der Waals surface area (Å²) < 4.78 is 7.74. The summed E-state index contributed by atoms with van der Waals surface area (Å²) in [5, 5.41) is 8.58. The van der Waals surface area contributed by atoms with Gasteiger partial charge < -0.3 is 4.74 Å². The minimum absolute atomic E-state index is 0.774. The summed E-state index contributed by atoms with van der Waals surface area (Å²) in [6.45, 7) is 6.17. The van der Waals surface area contributed by atoms with Crippen molar-refractivity contribution in [1.29, 1.82) is 0 Å². The van der Waals surface area contributed by atoms with E-state index in [-0.39, 0.29) is 0 Å². The molecule has 5 heteroatoms. The van der Waals surface area contributed by atoms with Gasteiger partial charge in [-0.3, -0.25) is 9.67 Å². The number of nitrogens with zero attached hydrogens (tertiary/aromatic N) is 4. The van der Waals surface area contributed by atoms with Gasteiger partial charge in [0.1, 0.15) is 11.4 Å². The quantitative estimate of drug-likeness (QED) is 0.153. The number of rotatable bonds is 16. The SMILES string of the molecule is CCCCCCCCCCn1cc(-c2ccc(C#Cc3ccc(OCCCCCC)cc3)cn2)nn1. The van der Waals surface area contributed by atoms with Crippen molar-refractivity contribution in [2.24, 2.45) is 0 Å². The summed E-state index contributed by atoms with van der Waals surface area (Å²) in [6.07, 6.45) is 19.1. The second-order valence-corrected chi connectivity index (χ2v) is 9.46. The van der Waals surface area contributed by atoms with Crippen LogP contribution in [-0.2, 0) is 6.54 Å². The van der Waals surface area contributed by atoms with E-state index in [2.05, 4.69) is 41.0 Å². The van der Waals surface area contributed by atoms with Crippen molar-refractivity contribution in [1.82, 2.24) is 20.0 Å². The van der Waals surface area contributed by atoms with Crippen LogP contribution >= 0.6 is 0 Å². The summed E-state index contributed by atoms with van der Waals surface area (Å²) >= 11 is 0. The standard InChI is InChI=1S/C31H42N4O/c1-3-5-7-9-10-11-12-13-23-35-26-31(33-34-35)30-22-19-28(25-32-30)16-15-27-17-20-29(21-18-27)36-24-14-8-6-4-2/h17-22,25-26H,3-14,23-24H2,1-2H3. The highest BCUT2D eigenvalue weighted by Gasteiger charge is 2.05. The van der Waals surface area contributed by atoms with Crippen LogP contribution < -0.4 is 4.74 Å². The van der Waals surface area contributed by atoms with Gasteiger partial charge in [-0.25, -0.2) is 0 Å². The second-order valence-electron chi connectivity index (χ2n) is 9.46. The molecule has 0 bridgehead atoms. The molecule has 5 nitrogen and oxygen atoms in total. The first-order chi connectivity index (χ1) is 17.8. The fraction of sp³-hybridized carbons (Fsp3) is 0.516. The van der Waals surface area contributed by atoms with E-state index in [0.717, 1.165) is 54.3 Å². The molecule has 1 aromatic carbocycles. The summed E-state index contributed by atoms with van der Waals surface area (Å²) in [6, 6.07) is 11.9. The van der Waals surface area contributed by atoms with Gasteiger partial charge in [-0.15, -0.1) is 5.10 Å². The Morgan fingerprint density at radius 3 is 2.03 bits per heavy atom. The highest BCUT2D eigenvalue weighted by atomic mass is 16.5. The Balaban J connectivity index is 1.41. The van der Waals surface area contributed by atoms with Crippen LogP contribution in [0.4, 0.5) is 0 Å². The van der Waals surface area contributed by atoms with E-state index in [1.165, 1.54) is 64.2 Å². The molecule has 0 aliphatic carbocycles. The normalized spacial score (nSPS) is 10.7. The average molecular weight is 487 g/mol. The summed E-state index contributed by atoms with van der Waals surface area (Å²) in [5.74, 6) is 7.30. The first-order valence-corrected chi connectivity index (χ1v) is 13.9. The van der Waals surface area contributed by atoms with E-state index in [1.54, 1.807) is 6.20 Å². The Kier molecular flexibility index (Phi) is 12.6. The highest BCUT2D eigenvalue weighted by molar-refractivity contribution is 5.54. The van der Waals surface area contributed by atoms with Crippen LogP contribution in [0.3, 0.4) is 0 Å². The van der Waals surface area contributed by atoms with Crippen LogP contribution in [-0.4, -0.2) is 26.6 Å². The highest BCUT2D eigenvalue weighted by Crippen LogP contribution is 2.15. The van der Waals surface area contributed by atoms with E-state index < -0.39 is 0 Å². The second kappa shape index (κ2) is 16.5. The maximum absolute atomic E-state index is 5.81. The predicted molar refractivity (Wildman–Crippen MR) is 148 cm³/mol. The van der Waals surface area contributed by atoms with E-state index in [4.69, 9.17) is 4.74 Å². The van der Waals surface area contributed by atoms with Gasteiger partial charge >= 0.3 is 0 Å². The number of aromatic nitrogens is 4. The third-order valence-corrected chi connectivity index (χ3v) is 6.28. The third-order valence-electron chi connectivity index (χ3n) is 6.28. The zero-order chi connectivity index (χ0) is 25.3. The van der Waals surface area contributed by atoms with Crippen molar-refractivity contribution in [3.8, 4) is 29.0 Å². The lowest BCUT2D eigenvalue weighted by molar-refractivity contribution is 0.305.